The molecule has 0 fully saturated rings. The average molecular weight is 424 g/mol. The van der Waals surface area contributed by atoms with E-state index in [1.54, 1.807) is 23.7 Å². The first-order chi connectivity index (χ1) is 13.3. The van der Waals surface area contributed by atoms with Gasteiger partial charge in [0.15, 0.2) is 0 Å². The molecule has 3 rings (SSSR count). The van der Waals surface area contributed by atoms with E-state index >= 15 is 0 Å². The molecule has 0 saturated heterocycles. The van der Waals surface area contributed by atoms with Crippen LogP contribution in [0.25, 0.3) is 0 Å². The first kappa shape index (κ1) is 19.8. The summed E-state index contributed by atoms with van der Waals surface area (Å²) in [5.41, 5.74) is 1.48. The summed E-state index contributed by atoms with van der Waals surface area (Å²) in [7, 11) is 0. The Bertz CT molecular complexity index is 1030. The average Bonchev–Trinajstić information content (AvgIpc) is 3.23. The Hall–Kier alpha value is -2.98. The predicted molar refractivity (Wildman–Crippen MR) is 102 cm³/mol. The lowest BCUT2D eigenvalue weighted by Crippen LogP contribution is -2.16. The van der Waals surface area contributed by atoms with Gasteiger partial charge < -0.3 is 10.1 Å². The number of nitro groups is 1. The van der Waals surface area contributed by atoms with E-state index < -0.39 is 4.92 Å². The zero-order valence-electron chi connectivity index (χ0n) is 14.7. The maximum atomic E-state index is 12.1. The molecule has 0 spiro atoms. The highest BCUT2D eigenvalue weighted by Crippen LogP contribution is 2.23. The van der Waals surface area contributed by atoms with Crippen LogP contribution in [0, 0.1) is 17.0 Å². The van der Waals surface area contributed by atoms with Gasteiger partial charge in [0, 0.05) is 6.42 Å². The second kappa shape index (κ2) is 8.36. The first-order valence-electron chi connectivity index (χ1n) is 8.14. The second-order valence-electron chi connectivity index (χ2n) is 5.94. The number of benzene rings is 1. The fourth-order valence-electron chi connectivity index (χ4n) is 2.46. The number of carbonyl (C=O) groups excluding carboxylic acids is 1. The molecule has 2 aromatic heterocycles. The number of anilines is 1. The molecule has 1 aromatic carbocycles. The van der Waals surface area contributed by atoms with Crippen molar-refractivity contribution in [2.45, 2.75) is 26.4 Å². The van der Waals surface area contributed by atoms with E-state index in [-0.39, 0.29) is 30.6 Å². The maximum Gasteiger partial charge on any atom is 0.390 e. The maximum absolute atomic E-state index is 12.1. The van der Waals surface area contributed by atoms with Gasteiger partial charge in [0.05, 0.1) is 40.0 Å². The lowest BCUT2D eigenvalue weighted by molar-refractivity contribution is -0.389. The fourth-order valence-corrected chi connectivity index (χ4v) is 2.78. The highest BCUT2D eigenvalue weighted by Gasteiger charge is 2.16. The Kier molecular flexibility index (Phi) is 5.90. The number of rotatable bonds is 7. The van der Waals surface area contributed by atoms with E-state index in [1.807, 2.05) is 6.07 Å². The zero-order chi connectivity index (χ0) is 20.3. The number of nitrogens with zero attached hydrogens (tertiary/aromatic N) is 6. The number of carbonyl (C=O) groups is 1. The van der Waals surface area contributed by atoms with Crippen molar-refractivity contribution in [2.24, 2.45) is 0 Å². The summed E-state index contributed by atoms with van der Waals surface area (Å²) in [6, 6.07) is 6.60. The molecule has 3 aromatic rings. The highest BCUT2D eigenvalue weighted by molar-refractivity contribution is 6.42. The third-order valence-electron chi connectivity index (χ3n) is 3.82. The quantitative estimate of drug-likeness (QED) is 0.460. The van der Waals surface area contributed by atoms with Gasteiger partial charge in [-0.1, -0.05) is 29.3 Å². The van der Waals surface area contributed by atoms with Crippen molar-refractivity contribution in [3.63, 3.8) is 0 Å². The number of hydrogen-bond acceptors (Lipinski definition) is 6. The molecule has 0 aliphatic carbocycles. The molecule has 2 heterocycles. The number of aromatic nitrogens is 5. The normalized spacial score (nSPS) is 10.8. The number of aryl methyl sites for hydroxylation is 2. The number of hydrogen-bond donors (Lipinski definition) is 1. The predicted octanol–water partition coefficient (Wildman–Crippen LogP) is 3.08. The van der Waals surface area contributed by atoms with Crippen molar-refractivity contribution in [3.8, 4) is 0 Å². The third-order valence-corrected chi connectivity index (χ3v) is 4.56. The van der Waals surface area contributed by atoms with Crippen molar-refractivity contribution in [1.29, 1.82) is 0 Å². The van der Waals surface area contributed by atoms with Gasteiger partial charge in [-0.3, -0.25) is 10.1 Å². The van der Waals surface area contributed by atoms with E-state index in [0.29, 0.717) is 22.3 Å². The minimum Gasteiger partial charge on any atom is -0.358 e. The van der Waals surface area contributed by atoms with E-state index in [9.17, 15) is 14.9 Å². The van der Waals surface area contributed by atoms with E-state index in [4.69, 9.17) is 23.2 Å². The van der Waals surface area contributed by atoms with E-state index in [0.717, 1.165) is 5.56 Å². The minimum absolute atomic E-state index is 0.0704. The van der Waals surface area contributed by atoms with Gasteiger partial charge in [0.2, 0.25) is 11.9 Å². The van der Waals surface area contributed by atoms with Crippen LogP contribution in [0.3, 0.4) is 0 Å². The molecule has 0 atom stereocenters. The Balaban J connectivity index is 1.55. The van der Waals surface area contributed by atoms with Crippen LogP contribution in [-0.2, 0) is 17.9 Å². The number of amides is 1. The molecule has 0 aliphatic heterocycles. The van der Waals surface area contributed by atoms with Crippen LogP contribution in [-0.4, -0.2) is 35.4 Å². The molecule has 12 heteroatoms. The van der Waals surface area contributed by atoms with Crippen molar-refractivity contribution in [1.82, 2.24) is 24.5 Å². The summed E-state index contributed by atoms with van der Waals surface area (Å²) in [4.78, 5) is 26.3. The second-order valence-corrected chi connectivity index (χ2v) is 6.75. The van der Waals surface area contributed by atoms with E-state index in [1.165, 1.54) is 17.1 Å². The van der Waals surface area contributed by atoms with Gasteiger partial charge in [-0.2, -0.15) is 4.68 Å². The number of halogens is 2. The van der Waals surface area contributed by atoms with Gasteiger partial charge in [-0.15, -0.1) is 5.10 Å². The monoisotopic (exact) mass is 423 g/mol. The molecule has 10 nitrogen and oxygen atoms in total. The standard InChI is InChI=1S/C16H15Cl2N7O3/c1-10-6-14(25(27)28)21-24(10)5-4-15(26)20-16-19-9-23(22-16)8-11-2-3-12(17)13(18)7-11/h2-3,6-7,9H,4-5,8H2,1H3,(H,20,22,26). The Morgan fingerprint density at radius 3 is 2.71 bits per heavy atom. The zero-order valence-corrected chi connectivity index (χ0v) is 16.2. The van der Waals surface area contributed by atoms with Crippen LogP contribution >= 0.6 is 23.2 Å². The van der Waals surface area contributed by atoms with Gasteiger partial charge >= 0.3 is 5.82 Å². The van der Waals surface area contributed by atoms with Crippen LogP contribution < -0.4 is 5.32 Å². The summed E-state index contributed by atoms with van der Waals surface area (Å²) in [6.07, 6.45) is 1.56. The molecule has 146 valence electrons. The molecule has 1 N–H and O–H groups in total. The molecular formula is C16H15Cl2N7O3. The topological polar surface area (TPSA) is 121 Å². The largest absolute Gasteiger partial charge is 0.390 e. The molecular weight excluding hydrogens is 409 g/mol. The lowest BCUT2D eigenvalue weighted by atomic mass is 10.2. The first-order valence-corrected chi connectivity index (χ1v) is 8.89. The van der Waals surface area contributed by atoms with Crippen molar-refractivity contribution in [2.75, 3.05) is 5.32 Å². The van der Waals surface area contributed by atoms with Gasteiger partial charge in [-0.25, -0.2) is 9.67 Å². The van der Waals surface area contributed by atoms with Crippen LogP contribution in [0.15, 0.2) is 30.6 Å². The van der Waals surface area contributed by atoms with Crippen LogP contribution in [0.4, 0.5) is 11.8 Å². The summed E-state index contributed by atoms with van der Waals surface area (Å²) >= 11 is 11.9. The molecule has 1 amide bonds. The summed E-state index contributed by atoms with van der Waals surface area (Å²) < 4.78 is 2.96. The fraction of sp³-hybridized carbons (Fsp3) is 0.250. The Labute approximate surface area is 169 Å². The Morgan fingerprint density at radius 1 is 1.25 bits per heavy atom. The smallest absolute Gasteiger partial charge is 0.358 e. The van der Waals surface area contributed by atoms with Gasteiger partial charge in [-0.05, 0) is 29.5 Å². The summed E-state index contributed by atoms with van der Waals surface area (Å²) in [6.45, 7) is 2.30. The molecule has 0 radical (unpaired) electrons. The molecule has 0 saturated carbocycles. The summed E-state index contributed by atoms with van der Waals surface area (Å²) in [5, 5.41) is 22.2. The molecule has 28 heavy (non-hydrogen) atoms. The van der Waals surface area contributed by atoms with Crippen LogP contribution in [0.1, 0.15) is 17.7 Å². The van der Waals surface area contributed by atoms with Crippen molar-refractivity contribution < 1.29 is 9.72 Å². The van der Waals surface area contributed by atoms with E-state index in [2.05, 4.69) is 20.5 Å². The molecule has 0 bridgehead atoms. The van der Waals surface area contributed by atoms with Crippen molar-refractivity contribution in [3.05, 3.63) is 62.0 Å². The van der Waals surface area contributed by atoms with Gasteiger partial charge in [0.25, 0.3) is 0 Å². The van der Waals surface area contributed by atoms with Crippen LogP contribution in [0.2, 0.25) is 10.0 Å². The third kappa shape index (κ3) is 4.84. The number of nitrogens with one attached hydrogen (secondary N) is 1. The molecule has 0 aliphatic rings. The lowest BCUT2D eigenvalue weighted by Gasteiger charge is -2.03. The molecule has 0 unspecified atom stereocenters. The van der Waals surface area contributed by atoms with Crippen molar-refractivity contribution >= 4 is 40.9 Å². The Morgan fingerprint density at radius 2 is 2.04 bits per heavy atom. The SMILES string of the molecule is Cc1cc([N+](=O)[O-])nn1CCC(=O)Nc1ncn(Cc2ccc(Cl)c(Cl)c2)n1. The minimum atomic E-state index is -0.575. The highest BCUT2D eigenvalue weighted by atomic mass is 35.5. The van der Waals surface area contributed by atoms with Crippen LogP contribution in [0.5, 0.6) is 0 Å². The van der Waals surface area contributed by atoms with Gasteiger partial charge in [0.1, 0.15) is 6.33 Å². The summed E-state index contributed by atoms with van der Waals surface area (Å²) in [5.74, 6) is -0.418.